The number of nitrogens with zero attached hydrogens (tertiary/aromatic N) is 1. The third kappa shape index (κ3) is 4.47. The molecule has 1 atom stereocenters. The fourth-order valence-corrected chi connectivity index (χ4v) is 3.13. The van der Waals surface area contributed by atoms with Crippen LogP contribution in [0.5, 0.6) is 0 Å². The summed E-state index contributed by atoms with van der Waals surface area (Å²) in [5.74, 6) is -0.0644. The topological polar surface area (TPSA) is 58.6 Å². The lowest BCUT2D eigenvalue weighted by molar-refractivity contribution is -0.137. The highest BCUT2D eigenvalue weighted by Gasteiger charge is 2.25. The predicted molar refractivity (Wildman–Crippen MR) is 76.2 cm³/mol. The van der Waals surface area contributed by atoms with Crippen LogP contribution in [-0.2, 0) is 14.3 Å². The van der Waals surface area contributed by atoms with Gasteiger partial charge >= 0.3 is 0 Å². The van der Waals surface area contributed by atoms with Gasteiger partial charge in [-0.2, -0.15) is 0 Å². The van der Waals surface area contributed by atoms with Crippen LogP contribution in [0.25, 0.3) is 0 Å². The van der Waals surface area contributed by atoms with Gasteiger partial charge in [-0.3, -0.25) is 9.59 Å². The van der Waals surface area contributed by atoms with Crippen molar-refractivity contribution in [1.29, 1.82) is 0 Å². The number of carbonyl (C=O) groups excluding carboxylic acids is 2. The van der Waals surface area contributed by atoms with Crippen molar-refractivity contribution < 1.29 is 14.3 Å². The van der Waals surface area contributed by atoms with Gasteiger partial charge in [-0.1, -0.05) is 19.3 Å². The SMILES string of the molecule is CC(=O)N(CC(=O)NCC1CCCO1)C1CCCCC1. The van der Waals surface area contributed by atoms with Crippen molar-refractivity contribution in [3.63, 3.8) is 0 Å². The van der Waals surface area contributed by atoms with E-state index in [1.54, 1.807) is 11.8 Å². The Balaban J connectivity index is 1.77. The highest BCUT2D eigenvalue weighted by atomic mass is 16.5. The Hall–Kier alpha value is -1.10. The van der Waals surface area contributed by atoms with E-state index in [9.17, 15) is 9.59 Å². The number of hydrogen-bond donors (Lipinski definition) is 1. The normalized spacial score (nSPS) is 23.6. The van der Waals surface area contributed by atoms with Gasteiger partial charge in [0.15, 0.2) is 0 Å². The first-order chi connectivity index (χ1) is 9.66. The van der Waals surface area contributed by atoms with E-state index in [0.717, 1.165) is 45.1 Å². The van der Waals surface area contributed by atoms with Crippen molar-refractivity contribution in [2.75, 3.05) is 19.7 Å². The fraction of sp³-hybridized carbons (Fsp3) is 0.867. The molecule has 1 unspecified atom stereocenters. The molecule has 0 aromatic carbocycles. The predicted octanol–water partition coefficient (Wildman–Crippen LogP) is 1.46. The Morgan fingerprint density at radius 2 is 1.90 bits per heavy atom. The van der Waals surface area contributed by atoms with Crippen molar-refractivity contribution in [3.05, 3.63) is 0 Å². The van der Waals surface area contributed by atoms with E-state index in [4.69, 9.17) is 4.74 Å². The van der Waals surface area contributed by atoms with E-state index in [-0.39, 0.29) is 30.5 Å². The highest BCUT2D eigenvalue weighted by Crippen LogP contribution is 2.22. The monoisotopic (exact) mass is 282 g/mol. The molecule has 20 heavy (non-hydrogen) atoms. The van der Waals surface area contributed by atoms with E-state index >= 15 is 0 Å². The number of hydrogen-bond acceptors (Lipinski definition) is 3. The van der Waals surface area contributed by atoms with Crippen molar-refractivity contribution in [2.24, 2.45) is 0 Å². The third-order valence-corrected chi connectivity index (χ3v) is 4.28. The number of nitrogens with one attached hydrogen (secondary N) is 1. The van der Waals surface area contributed by atoms with Gasteiger partial charge in [0.1, 0.15) is 0 Å². The second kappa shape index (κ2) is 7.62. The van der Waals surface area contributed by atoms with Crippen LogP contribution < -0.4 is 5.32 Å². The lowest BCUT2D eigenvalue weighted by Gasteiger charge is -2.33. The van der Waals surface area contributed by atoms with E-state index in [0.29, 0.717) is 6.54 Å². The molecule has 0 aromatic rings. The van der Waals surface area contributed by atoms with E-state index < -0.39 is 0 Å². The molecule has 1 heterocycles. The average molecular weight is 282 g/mol. The van der Waals surface area contributed by atoms with Gasteiger partial charge in [-0.25, -0.2) is 0 Å². The first kappa shape index (κ1) is 15.3. The summed E-state index contributed by atoms with van der Waals surface area (Å²) in [6.07, 6.45) is 7.85. The molecule has 114 valence electrons. The Labute approximate surface area is 121 Å². The molecule has 1 saturated heterocycles. The standard InChI is InChI=1S/C15H26N2O3/c1-12(18)17(13-6-3-2-4-7-13)11-15(19)16-10-14-8-5-9-20-14/h13-14H,2-11H2,1H3,(H,16,19). The summed E-state index contributed by atoms with van der Waals surface area (Å²) < 4.78 is 5.48. The third-order valence-electron chi connectivity index (χ3n) is 4.28. The molecule has 1 saturated carbocycles. The van der Waals surface area contributed by atoms with Gasteiger partial charge in [0.25, 0.3) is 0 Å². The van der Waals surface area contributed by atoms with Crippen LogP contribution >= 0.6 is 0 Å². The zero-order valence-corrected chi connectivity index (χ0v) is 12.4. The maximum atomic E-state index is 12.0. The molecule has 2 amide bonds. The molecule has 1 N–H and O–H groups in total. The maximum Gasteiger partial charge on any atom is 0.239 e. The van der Waals surface area contributed by atoms with Crippen LogP contribution in [0.15, 0.2) is 0 Å². The Kier molecular flexibility index (Phi) is 5.83. The zero-order chi connectivity index (χ0) is 14.4. The molecule has 2 rings (SSSR count). The van der Waals surface area contributed by atoms with Gasteiger partial charge < -0.3 is 15.0 Å². The smallest absolute Gasteiger partial charge is 0.239 e. The Morgan fingerprint density at radius 1 is 1.15 bits per heavy atom. The molecule has 2 fully saturated rings. The first-order valence-corrected chi connectivity index (χ1v) is 7.82. The molecule has 2 aliphatic rings. The van der Waals surface area contributed by atoms with Crippen LogP contribution in [0.3, 0.4) is 0 Å². The van der Waals surface area contributed by atoms with Crippen molar-refractivity contribution in [1.82, 2.24) is 10.2 Å². The highest BCUT2D eigenvalue weighted by molar-refractivity contribution is 5.84. The van der Waals surface area contributed by atoms with Gasteiger partial charge in [0, 0.05) is 26.1 Å². The van der Waals surface area contributed by atoms with Crippen molar-refractivity contribution in [2.45, 2.75) is 64.0 Å². The largest absolute Gasteiger partial charge is 0.376 e. The summed E-state index contributed by atoms with van der Waals surface area (Å²) in [5, 5.41) is 2.89. The van der Waals surface area contributed by atoms with Crippen LogP contribution in [0.4, 0.5) is 0 Å². The molecule has 1 aliphatic heterocycles. The summed E-state index contributed by atoms with van der Waals surface area (Å²) in [6, 6.07) is 0.245. The molecule has 0 radical (unpaired) electrons. The molecular formula is C15H26N2O3. The average Bonchev–Trinajstić information content (AvgIpc) is 2.96. The first-order valence-electron chi connectivity index (χ1n) is 7.82. The zero-order valence-electron chi connectivity index (χ0n) is 12.4. The van der Waals surface area contributed by atoms with Crippen LogP contribution in [0, 0.1) is 0 Å². The van der Waals surface area contributed by atoms with Crippen molar-refractivity contribution in [3.8, 4) is 0 Å². The van der Waals surface area contributed by atoms with Crippen LogP contribution in [-0.4, -0.2) is 48.6 Å². The maximum absolute atomic E-state index is 12.0. The summed E-state index contributed by atoms with van der Waals surface area (Å²) in [6.45, 7) is 3.10. The number of ether oxygens (including phenoxy) is 1. The fourth-order valence-electron chi connectivity index (χ4n) is 3.13. The number of amides is 2. The van der Waals surface area contributed by atoms with E-state index in [2.05, 4.69) is 5.32 Å². The minimum absolute atomic E-state index is 0.00386. The van der Waals surface area contributed by atoms with E-state index in [1.807, 2.05) is 0 Å². The van der Waals surface area contributed by atoms with Crippen LogP contribution in [0.1, 0.15) is 51.9 Å². The minimum atomic E-state index is -0.0683. The lowest BCUT2D eigenvalue weighted by atomic mass is 9.94. The van der Waals surface area contributed by atoms with E-state index in [1.165, 1.54) is 6.42 Å². The lowest BCUT2D eigenvalue weighted by Crippen LogP contribution is -2.47. The number of carbonyl (C=O) groups is 2. The van der Waals surface area contributed by atoms with Gasteiger partial charge in [-0.05, 0) is 25.7 Å². The quantitative estimate of drug-likeness (QED) is 0.830. The molecule has 1 aliphatic carbocycles. The summed E-state index contributed by atoms with van der Waals surface area (Å²) in [4.78, 5) is 25.5. The second-order valence-electron chi connectivity index (χ2n) is 5.88. The molecule has 0 bridgehead atoms. The molecule has 0 spiro atoms. The second-order valence-corrected chi connectivity index (χ2v) is 5.88. The van der Waals surface area contributed by atoms with Crippen molar-refractivity contribution >= 4 is 11.8 Å². The molecular weight excluding hydrogens is 256 g/mol. The molecule has 5 heteroatoms. The minimum Gasteiger partial charge on any atom is -0.376 e. The molecule has 5 nitrogen and oxygen atoms in total. The molecule has 0 aromatic heterocycles. The summed E-state index contributed by atoms with van der Waals surface area (Å²) >= 11 is 0. The number of rotatable bonds is 5. The Bertz CT molecular complexity index is 334. The van der Waals surface area contributed by atoms with Crippen LogP contribution in [0.2, 0.25) is 0 Å². The van der Waals surface area contributed by atoms with Gasteiger partial charge in [0.05, 0.1) is 12.6 Å². The van der Waals surface area contributed by atoms with Gasteiger partial charge in [0.2, 0.25) is 11.8 Å². The summed E-state index contributed by atoms with van der Waals surface area (Å²) in [7, 11) is 0. The summed E-state index contributed by atoms with van der Waals surface area (Å²) in [5.41, 5.74) is 0. The Morgan fingerprint density at radius 3 is 2.50 bits per heavy atom. The van der Waals surface area contributed by atoms with Gasteiger partial charge in [-0.15, -0.1) is 0 Å².